The van der Waals surface area contributed by atoms with Crippen molar-refractivity contribution >= 4 is 28.3 Å². The van der Waals surface area contributed by atoms with E-state index in [1.807, 2.05) is 6.92 Å². The summed E-state index contributed by atoms with van der Waals surface area (Å²) in [6.45, 7) is 1.89. The van der Waals surface area contributed by atoms with Gasteiger partial charge in [0.05, 0.1) is 6.42 Å². The minimum absolute atomic E-state index is 0.209. The van der Waals surface area contributed by atoms with Crippen molar-refractivity contribution in [1.82, 2.24) is 10.3 Å². The molecule has 1 heterocycles. The lowest BCUT2D eigenvalue weighted by Gasteiger charge is -2.17. The molecular weight excluding hydrogens is 336 g/mol. The first-order chi connectivity index (χ1) is 11.5. The molecule has 2 N–H and O–H groups in total. The summed E-state index contributed by atoms with van der Waals surface area (Å²) in [6, 6.07) is 2.19. The zero-order valence-electron chi connectivity index (χ0n) is 13.0. The highest BCUT2D eigenvalue weighted by molar-refractivity contribution is 7.13. The number of rotatable bonds is 7. The van der Waals surface area contributed by atoms with Gasteiger partial charge in [0.1, 0.15) is 17.7 Å². The van der Waals surface area contributed by atoms with Gasteiger partial charge in [-0.15, -0.1) is 11.3 Å². The van der Waals surface area contributed by atoms with Crippen LogP contribution >= 0.6 is 11.3 Å². The first-order valence-electron chi connectivity index (χ1n) is 7.42. The van der Waals surface area contributed by atoms with Gasteiger partial charge < -0.3 is 10.6 Å². The van der Waals surface area contributed by atoms with E-state index < -0.39 is 23.6 Å². The van der Waals surface area contributed by atoms with Crippen LogP contribution in [0.2, 0.25) is 0 Å². The van der Waals surface area contributed by atoms with Gasteiger partial charge in [0.2, 0.25) is 11.8 Å². The van der Waals surface area contributed by atoms with E-state index in [0.29, 0.717) is 18.0 Å². The van der Waals surface area contributed by atoms with Crippen LogP contribution in [0.3, 0.4) is 0 Å². The van der Waals surface area contributed by atoms with E-state index in [4.69, 9.17) is 0 Å². The third-order valence-electron chi connectivity index (χ3n) is 3.18. The Morgan fingerprint density at radius 2 is 1.96 bits per heavy atom. The Morgan fingerprint density at radius 1 is 1.25 bits per heavy atom. The van der Waals surface area contributed by atoms with Gasteiger partial charge in [-0.25, -0.2) is 13.8 Å². The molecule has 1 aromatic carbocycles. The minimum atomic E-state index is -0.746. The molecule has 24 heavy (non-hydrogen) atoms. The molecule has 8 heteroatoms. The van der Waals surface area contributed by atoms with Crippen LogP contribution < -0.4 is 10.6 Å². The fraction of sp³-hybridized carbons (Fsp3) is 0.312. The third-order valence-corrected chi connectivity index (χ3v) is 3.87. The molecular formula is C16H17F2N3O2S. The van der Waals surface area contributed by atoms with Crippen molar-refractivity contribution in [2.75, 3.05) is 5.32 Å². The Morgan fingerprint density at radius 3 is 2.54 bits per heavy atom. The number of anilines is 1. The highest BCUT2D eigenvalue weighted by Gasteiger charge is 2.21. The van der Waals surface area contributed by atoms with Gasteiger partial charge in [0, 0.05) is 17.6 Å². The topological polar surface area (TPSA) is 71.1 Å². The maximum Gasteiger partial charge on any atom is 0.248 e. The number of carbonyl (C=O) groups excluding carboxylic acids is 2. The number of hydrogen-bond donors (Lipinski definition) is 2. The molecule has 1 aromatic heterocycles. The van der Waals surface area contributed by atoms with Crippen LogP contribution in [-0.4, -0.2) is 22.8 Å². The molecule has 0 aliphatic carbocycles. The van der Waals surface area contributed by atoms with E-state index in [9.17, 15) is 18.4 Å². The van der Waals surface area contributed by atoms with Gasteiger partial charge in [0.15, 0.2) is 5.13 Å². The van der Waals surface area contributed by atoms with Crippen LogP contribution in [0.4, 0.5) is 13.9 Å². The first-order valence-corrected chi connectivity index (χ1v) is 8.30. The predicted molar refractivity (Wildman–Crippen MR) is 87.6 cm³/mol. The van der Waals surface area contributed by atoms with E-state index in [0.717, 1.165) is 18.2 Å². The smallest absolute Gasteiger partial charge is 0.248 e. The van der Waals surface area contributed by atoms with Crippen LogP contribution in [0.1, 0.15) is 25.3 Å². The van der Waals surface area contributed by atoms with Crippen molar-refractivity contribution in [3.63, 3.8) is 0 Å². The molecule has 0 aliphatic rings. The summed E-state index contributed by atoms with van der Waals surface area (Å²) in [7, 11) is 0. The van der Waals surface area contributed by atoms with Gasteiger partial charge in [-0.1, -0.05) is 13.3 Å². The molecule has 128 valence electrons. The first kappa shape index (κ1) is 18.0. The second-order valence-electron chi connectivity index (χ2n) is 5.19. The summed E-state index contributed by atoms with van der Waals surface area (Å²) in [4.78, 5) is 28.3. The highest BCUT2D eigenvalue weighted by atomic mass is 32.1. The molecule has 0 radical (unpaired) electrons. The Hall–Kier alpha value is -2.35. The van der Waals surface area contributed by atoms with Crippen LogP contribution in [0, 0.1) is 11.6 Å². The lowest BCUT2D eigenvalue weighted by molar-refractivity contribution is -0.126. The lowest BCUT2D eigenvalue weighted by atomic mass is 10.1. The van der Waals surface area contributed by atoms with E-state index in [-0.39, 0.29) is 17.9 Å². The third kappa shape index (κ3) is 5.38. The average Bonchev–Trinajstić information content (AvgIpc) is 2.98. The number of nitrogens with one attached hydrogen (secondary N) is 2. The van der Waals surface area contributed by atoms with Gasteiger partial charge >= 0.3 is 0 Å². The van der Waals surface area contributed by atoms with Gasteiger partial charge in [-0.05, 0) is 24.1 Å². The van der Waals surface area contributed by atoms with E-state index >= 15 is 0 Å². The zero-order valence-corrected chi connectivity index (χ0v) is 13.8. The number of nitrogens with zero attached hydrogens (tertiary/aromatic N) is 1. The summed E-state index contributed by atoms with van der Waals surface area (Å²) in [5.41, 5.74) is 0.209. The van der Waals surface area contributed by atoms with Gasteiger partial charge in [0.25, 0.3) is 0 Å². The maximum atomic E-state index is 13.2. The number of amides is 2. The highest BCUT2D eigenvalue weighted by Crippen LogP contribution is 2.12. The minimum Gasteiger partial charge on any atom is -0.344 e. The van der Waals surface area contributed by atoms with Gasteiger partial charge in [-0.3, -0.25) is 9.59 Å². The molecule has 2 amide bonds. The maximum absolute atomic E-state index is 13.2. The normalized spacial score (nSPS) is 11.8. The van der Waals surface area contributed by atoms with Crippen molar-refractivity contribution in [2.24, 2.45) is 0 Å². The standard InChI is InChI=1S/C16H17F2N3O2S/c1-2-3-13(15(23)21-16-19-4-5-24-16)20-14(22)8-10-6-11(17)9-12(18)7-10/h4-7,9,13H,2-3,8H2,1H3,(H,20,22)(H,19,21,23). The van der Waals surface area contributed by atoms with Crippen LogP contribution in [0.25, 0.3) is 0 Å². The number of halogens is 2. The predicted octanol–water partition coefficient (Wildman–Crippen LogP) is 2.89. The molecule has 0 saturated carbocycles. The molecule has 1 unspecified atom stereocenters. The molecule has 0 aliphatic heterocycles. The van der Waals surface area contributed by atoms with Crippen LogP contribution in [0.15, 0.2) is 29.8 Å². The van der Waals surface area contributed by atoms with Crippen molar-refractivity contribution in [3.05, 3.63) is 47.0 Å². The summed E-state index contributed by atoms with van der Waals surface area (Å²) >= 11 is 1.27. The zero-order chi connectivity index (χ0) is 17.5. The Labute approximate surface area is 142 Å². The van der Waals surface area contributed by atoms with Crippen molar-refractivity contribution in [1.29, 1.82) is 0 Å². The Balaban J connectivity index is 1.98. The molecule has 0 spiro atoms. The number of thiazole rings is 1. The van der Waals surface area contributed by atoms with Crippen molar-refractivity contribution < 1.29 is 18.4 Å². The van der Waals surface area contributed by atoms with Crippen LogP contribution in [-0.2, 0) is 16.0 Å². The second-order valence-corrected chi connectivity index (χ2v) is 6.08. The number of hydrogen-bond acceptors (Lipinski definition) is 4. The number of carbonyl (C=O) groups is 2. The molecule has 0 bridgehead atoms. The molecule has 0 saturated heterocycles. The van der Waals surface area contributed by atoms with Crippen molar-refractivity contribution in [3.8, 4) is 0 Å². The Bertz CT molecular complexity index is 687. The van der Waals surface area contributed by atoms with E-state index in [1.165, 1.54) is 11.3 Å². The average molecular weight is 353 g/mol. The molecule has 2 aromatic rings. The van der Waals surface area contributed by atoms with E-state index in [1.54, 1.807) is 11.6 Å². The summed E-state index contributed by atoms with van der Waals surface area (Å²) in [5.74, 6) is -2.34. The summed E-state index contributed by atoms with van der Waals surface area (Å²) in [6.07, 6.45) is 2.48. The second kappa shape index (κ2) is 8.49. The molecule has 5 nitrogen and oxygen atoms in total. The summed E-state index contributed by atoms with van der Waals surface area (Å²) < 4.78 is 26.3. The van der Waals surface area contributed by atoms with E-state index in [2.05, 4.69) is 15.6 Å². The van der Waals surface area contributed by atoms with Gasteiger partial charge in [-0.2, -0.15) is 0 Å². The largest absolute Gasteiger partial charge is 0.344 e. The quantitative estimate of drug-likeness (QED) is 0.804. The number of aromatic nitrogens is 1. The number of benzene rings is 1. The van der Waals surface area contributed by atoms with Crippen LogP contribution in [0.5, 0.6) is 0 Å². The molecule has 2 rings (SSSR count). The fourth-order valence-corrected chi connectivity index (χ4v) is 2.71. The Kier molecular flexibility index (Phi) is 6.36. The van der Waals surface area contributed by atoms with Crippen molar-refractivity contribution in [2.45, 2.75) is 32.2 Å². The summed E-state index contributed by atoms with van der Waals surface area (Å²) in [5, 5.41) is 7.40. The lowest BCUT2D eigenvalue weighted by Crippen LogP contribution is -2.44. The molecule has 0 fully saturated rings. The fourth-order valence-electron chi connectivity index (χ4n) is 2.18. The SMILES string of the molecule is CCCC(NC(=O)Cc1cc(F)cc(F)c1)C(=O)Nc1nccs1. The molecule has 1 atom stereocenters. The monoisotopic (exact) mass is 353 g/mol.